The van der Waals surface area contributed by atoms with Crippen molar-refractivity contribution in [3.05, 3.63) is 36.1 Å². The first kappa shape index (κ1) is 16.1. The minimum absolute atomic E-state index is 0.219. The van der Waals surface area contributed by atoms with Crippen molar-refractivity contribution in [3.8, 4) is 0 Å². The molecule has 1 N–H and O–H groups in total. The van der Waals surface area contributed by atoms with E-state index in [1.54, 1.807) is 0 Å². The molecule has 3 heteroatoms. The average Bonchev–Trinajstić information content (AvgIpc) is 2.87. The number of nitrogens with one attached hydrogen (secondary N) is 1. The predicted octanol–water partition coefficient (Wildman–Crippen LogP) is 4.06. The van der Waals surface area contributed by atoms with Crippen molar-refractivity contribution in [1.29, 1.82) is 0 Å². The lowest BCUT2D eigenvalue weighted by Crippen LogP contribution is -2.37. The van der Waals surface area contributed by atoms with E-state index in [4.69, 9.17) is 4.42 Å². The summed E-state index contributed by atoms with van der Waals surface area (Å²) in [5.74, 6) is 1.74. The number of furan rings is 1. The molecule has 0 aliphatic carbocycles. The van der Waals surface area contributed by atoms with Gasteiger partial charge >= 0.3 is 0 Å². The van der Waals surface area contributed by atoms with E-state index in [0.29, 0.717) is 6.04 Å². The van der Waals surface area contributed by atoms with Gasteiger partial charge < -0.3 is 14.6 Å². The third-order valence-electron chi connectivity index (χ3n) is 4.17. The summed E-state index contributed by atoms with van der Waals surface area (Å²) in [5.41, 5.74) is 0.964. The molecule has 0 radical (unpaired) electrons. The highest BCUT2D eigenvalue weighted by Gasteiger charge is 2.19. The second-order valence-electron chi connectivity index (χ2n) is 6.45. The third kappa shape index (κ3) is 4.08. The monoisotopic (exact) mass is 288 g/mol. The first-order valence-electron chi connectivity index (χ1n) is 7.87. The Balaban J connectivity index is 2.08. The summed E-state index contributed by atoms with van der Waals surface area (Å²) < 4.78 is 5.99. The van der Waals surface area contributed by atoms with Crippen LogP contribution in [0.5, 0.6) is 0 Å². The van der Waals surface area contributed by atoms with Crippen molar-refractivity contribution in [3.63, 3.8) is 0 Å². The highest BCUT2D eigenvalue weighted by atomic mass is 16.3. The van der Waals surface area contributed by atoms with E-state index in [2.05, 4.69) is 50.2 Å². The zero-order valence-corrected chi connectivity index (χ0v) is 13.9. The van der Waals surface area contributed by atoms with E-state index >= 15 is 0 Å². The van der Waals surface area contributed by atoms with Gasteiger partial charge in [-0.25, -0.2) is 0 Å². The van der Waals surface area contributed by atoms with Gasteiger partial charge in [-0.3, -0.25) is 0 Å². The highest BCUT2D eigenvalue weighted by molar-refractivity contribution is 5.77. The highest BCUT2D eigenvalue weighted by Crippen LogP contribution is 2.24. The van der Waals surface area contributed by atoms with Crippen molar-refractivity contribution in [1.82, 2.24) is 10.2 Å². The van der Waals surface area contributed by atoms with Gasteiger partial charge in [-0.1, -0.05) is 32.0 Å². The number of nitrogens with zero attached hydrogens (tertiary/aromatic N) is 1. The van der Waals surface area contributed by atoms with Crippen LogP contribution in [-0.2, 0) is 0 Å². The molecule has 2 aromatic rings. The predicted molar refractivity (Wildman–Crippen MR) is 89.6 cm³/mol. The van der Waals surface area contributed by atoms with E-state index < -0.39 is 0 Å². The van der Waals surface area contributed by atoms with E-state index in [0.717, 1.165) is 23.8 Å². The Kier molecular flexibility index (Phi) is 5.43. The van der Waals surface area contributed by atoms with Crippen LogP contribution in [0.4, 0.5) is 0 Å². The molecule has 0 spiro atoms. The summed E-state index contributed by atoms with van der Waals surface area (Å²) in [6, 6.07) is 11.1. The van der Waals surface area contributed by atoms with Crippen LogP contribution >= 0.6 is 0 Å². The van der Waals surface area contributed by atoms with Gasteiger partial charge in [0.15, 0.2) is 0 Å². The first-order valence-corrected chi connectivity index (χ1v) is 7.87. The van der Waals surface area contributed by atoms with E-state index in [9.17, 15) is 0 Å². The summed E-state index contributed by atoms with van der Waals surface area (Å²) in [6.07, 6.45) is 1.22. The summed E-state index contributed by atoms with van der Waals surface area (Å²) in [5, 5.41) is 4.55. The van der Waals surface area contributed by atoms with Gasteiger partial charge in [0.05, 0.1) is 6.04 Å². The van der Waals surface area contributed by atoms with Crippen molar-refractivity contribution in [2.75, 3.05) is 20.6 Å². The number of hydrogen-bond donors (Lipinski definition) is 1. The molecule has 0 aliphatic rings. The van der Waals surface area contributed by atoms with Crippen molar-refractivity contribution in [2.24, 2.45) is 5.92 Å². The van der Waals surface area contributed by atoms with Crippen LogP contribution in [0, 0.1) is 5.92 Å². The van der Waals surface area contributed by atoms with Gasteiger partial charge in [0, 0.05) is 18.0 Å². The average molecular weight is 288 g/mol. The van der Waals surface area contributed by atoms with Crippen molar-refractivity contribution in [2.45, 2.75) is 39.3 Å². The fourth-order valence-electron chi connectivity index (χ4n) is 2.83. The van der Waals surface area contributed by atoms with Crippen LogP contribution in [0.2, 0.25) is 0 Å². The largest absolute Gasteiger partial charge is 0.459 e. The van der Waals surface area contributed by atoms with Crippen LogP contribution in [0.25, 0.3) is 11.0 Å². The Hall–Kier alpha value is -1.32. The molecule has 1 aromatic heterocycles. The number of benzene rings is 1. The van der Waals surface area contributed by atoms with Crippen molar-refractivity contribution >= 4 is 11.0 Å². The van der Waals surface area contributed by atoms with Gasteiger partial charge in [0.2, 0.25) is 0 Å². The lowest BCUT2D eigenvalue weighted by Gasteiger charge is -2.29. The minimum Gasteiger partial charge on any atom is -0.459 e. The van der Waals surface area contributed by atoms with Gasteiger partial charge in [0.1, 0.15) is 11.3 Å². The van der Waals surface area contributed by atoms with Gasteiger partial charge in [-0.15, -0.1) is 0 Å². The second-order valence-corrected chi connectivity index (χ2v) is 6.45. The van der Waals surface area contributed by atoms with Crippen LogP contribution in [-0.4, -0.2) is 31.6 Å². The quantitative estimate of drug-likeness (QED) is 0.833. The summed E-state index contributed by atoms with van der Waals surface area (Å²) in [6.45, 7) is 7.80. The molecule has 0 amide bonds. The number of likely N-dealkylation sites (N-methyl/N-ethyl adjacent to an activating group) is 2. The maximum absolute atomic E-state index is 5.99. The summed E-state index contributed by atoms with van der Waals surface area (Å²) >= 11 is 0. The van der Waals surface area contributed by atoms with Crippen LogP contribution in [0.3, 0.4) is 0 Å². The Morgan fingerprint density at radius 2 is 1.90 bits per heavy atom. The molecule has 0 saturated carbocycles. The smallest absolute Gasteiger partial charge is 0.134 e. The molecule has 0 aliphatic heterocycles. The lowest BCUT2D eigenvalue weighted by molar-refractivity contribution is 0.201. The standard InChI is InChI=1S/C18H28N2O/c1-13(2)10-14(3)20(5)12-16(19-4)18-11-15-8-6-7-9-17(15)21-18/h6-9,11,13-14,16,19H,10,12H2,1-5H3. The van der Waals surface area contributed by atoms with Crippen molar-refractivity contribution < 1.29 is 4.42 Å². The molecule has 2 rings (SSSR count). The topological polar surface area (TPSA) is 28.4 Å². The molecule has 1 heterocycles. The normalized spacial score (nSPS) is 15.0. The molecular weight excluding hydrogens is 260 g/mol. The van der Waals surface area contributed by atoms with Crippen LogP contribution < -0.4 is 5.32 Å². The molecule has 0 bridgehead atoms. The number of fused-ring (bicyclic) bond motifs is 1. The molecule has 2 atom stereocenters. The first-order chi connectivity index (χ1) is 10.0. The molecule has 0 saturated heterocycles. The molecule has 2 unspecified atom stereocenters. The molecule has 21 heavy (non-hydrogen) atoms. The Morgan fingerprint density at radius 1 is 1.19 bits per heavy atom. The van der Waals surface area contributed by atoms with E-state index in [1.165, 1.54) is 11.8 Å². The van der Waals surface area contributed by atoms with E-state index in [1.807, 2.05) is 25.2 Å². The van der Waals surface area contributed by atoms with Gasteiger partial charge in [-0.05, 0) is 45.5 Å². The molecule has 116 valence electrons. The van der Waals surface area contributed by atoms with E-state index in [-0.39, 0.29) is 6.04 Å². The number of rotatable bonds is 7. The Labute approximate surface area is 128 Å². The fraction of sp³-hybridized carbons (Fsp3) is 0.556. The zero-order valence-electron chi connectivity index (χ0n) is 13.9. The third-order valence-corrected chi connectivity index (χ3v) is 4.17. The van der Waals surface area contributed by atoms with Gasteiger partial charge in [0.25, 0.3) is 0 Å². The van der Waals surface area contributed by atoms with Gasteiger partial charge in [-0.2, -0.15) is 0 Å². The number of para-hydroxylation sites is 1. The molecule has 3 nitrogen and oxygen atoms in total. The number of hydrogen-bond acceptors (Lipinski definition) is 3. The SMILES string of the molecule is CNC(CN(C)C(C)CC(C)C)c1cc2ccccc2o1. The molecule has 0 fully saturated rings. The Bertz CT molecular complexity index is 528. The maximum Gasteiger partial charge on any atom is 0.134 e. The molecular formula is C18H28N2O. The van der Waals surface area contributed by atoms with Crippen LogP contribution in [0.15, 0.2) is 34.7 Å². The summed E-state index contributed by atoms with van der Waals surface area (Å²) in [4.78, 5) is 2.41. The second kappa shape index (κ2) is 7.10. The summed E-state index contributed by atoms with van der Waals surface area (Å²) in [7, 11) is 4.19. The fourth-order valence-corrected chi connectivity index (χ4v) is 2.83. The van der Waals surface area contributed by atoms with Crippen LogP contribution in [0.1, 0.15) is 39.0 Å². The lowest BCUT2D eigenvalue weighted by atomic mass is 10.0. The zero-order chi connectivity index (χ0) is 15.4. The minimum atomic E-state index is 0.219. The Morgan fingerprint density at radius 3 is 2.52 bits per heavy atom. The maximum atomic E-state index is 5.99. The molecule has 1 aromatic carbocycles.